The lowest BCUT2D eigenvalue weighted by atomic mass is 9.82. The minimum atomic E-state index is -4.54. The highest BCUT2D eigenvalue weighted by Crippen LogP contribution is 2.33. The second-order valence-electron chi connectivity index (χ2n) is 6.90. The molecular formula is C18H18F3N3O5. The van der Waals surface area contributed by atoms with Crippen molar-refractivity contribution in [1.29, 1.82) is 0 Å². The van der Waals surface area contributed by atoms with Gasteiger partial charge < -0.3 is 10.1 Å². The Hall–Kier alpha value is -3.11. The topological polar surface area (TPSA) is 105 Å². The summed E-state index contributed by atoms with van der Waals surface area (Å²) in [4.78, 5) is 48.4. The van der Waals surface area contributed by atoms with E-state index in [1.54, 1.807) is 0 Å². The maximum atomic E-state index is 12.5. The Morgan fingerprint density at radius 3 is 2.31 bits per heavy atom. The molecule has 0 radical (unpaired) electrons. The van der Waals surface area contributed by atoms with Gasteiger partial charge in [0.1, 0.15) is 5.54 Å². The number of halogens is 3. The van der Waals surface area contributed by atoms with Crippen LogP contribution < -0.4 is 10.7 Å². The Kier molecular flexibility index (Phi) is 5.49. The summed E-state index contributed by atoms with van der Waals surface area (Å²) >= 11 is 0. The molecule has 8 nitrogen and oxygen atoms in total. The molecule has 0 unspecified atom stereocenters. The van der Waals surface area contributed by atoms with Crippen LogP contribution in [-0.2, 0) is 20.5 Å². The average molecular weight is 413 g/mol. The predicted octanol–water partition coefficient (Wildman–Crippen LogP) is 2.15. The molecule has 2 N–H and O–H groups in total. The molecule has 2 fully saturated rings. The van der Waals surface area contributed by atoms with Crippen LogP contribution in [-0.4, -0.2) is 41.0 Å². The molecule has 1 heterocycles. The first-order chi connectivity index (χ1) is 13.6. The summed E-state index contributed by atoms with van der Waals surface area (Å²) in [5, 5.41) is 3.17. The standard InChI is InChI=1S/C18H18F3N3O5/c19-18(20,21)12-6-4-11(5-7-12)14(26)29-10-13(25)23-24-15(27)17(22-16(24)28)8-2-1-3-9-17/h4-7H,1-3,8-10H2,(H,22,28)(H,23,25). The number of amides is 4. The van der Waals surface area contributed by atoms with Crippen LogP contribution in [0.15, 0.2) is 24.3 Å². The average Bonchev–Trinajstić information content (AvgIpc) is 2.90. The maximum Gasteiger partial charge on any atom is 0.416 e. The highest BCUT2D eigenvalue weighted by molar-refractivity contribution is 6.08. The molecule has 1 saturated carbocycles. The number of nitrogens with one attached hydrogen (secondary N) is 2. The minimum absolute atomic E-state index is 0.179. The van der Waals surface area contributed by atoms with Crippen molar-refractivity contribution in [2.45, 2.75) is 43.8 Å². The first-order valence-corrected chi connectivity index (χ1v) is 8.93. The van der Waals surface area contributed by atoms with E-state index >= 15 is 0 Å². The first-order valence-electron chi connectivity index (χ1n) is 8.93. The maximum absolute atomic E-state index is 12.5. The van der Waals surface area contributed by atoms with Crippen LogP contribution in [0, 0.1) is 0 Å². The number of hydrogen-bond donors (Lipinski definition) is 2. The van der Waals surface area contributed by atoms with E-state index in [-0.39, 0.29) is 5.56 Å². The number of urea groups is 1. The molecule has 2 aliphatic rings. The van der Waals surface area contributed by atoms with Crippen molar-refractivity contribution >= 4 is 23.8 Å². The fraction of sp³-hybridized carbons (Fsp3) is 0.444. The smallest absolute Gasteiger partial charge is 0.416 e. The normalized spacial score (nSPS) is 18.5. The second kappa shape index (κ2) is 7.72. The molecule has 1 aromatic rings. The van der Waals surface area contributed by atoms with E-state index in [4.69, 9.17) is 4.74 Å². The fourth-order valence-electron chi connectivity index (χ4n) is 3.38. The Bertz CT molecular complexity index is 832. The summed E-state index contributed by atoms with van der Waals surface area (Å²) in [5.41, 5.74) is -0.0292. The van der Waals surface area contributed by atoms with Gasteiger partial charge in [-0.05, 0) is 37.1 Å². The number of nitrogens with zero attached hydrogens (tertiary/aromatic N) is 1. The number of carbonyl (C=O) groups excluding carboxylic acids is 4. The summed E-state index contributed by atoms with van der Waals surface area (Å²) in [6.45, 7) is -0.816. The number of alkyl halides is 3. The largest absolute Gasteiger partial charge is 0.452 e. The highest BCUT2D eigenvalue weighted by atomic mass is 19.4. The van der Waals surface area contributed by atoms with E-state index in [9.17, 15) is 32.3 Å². The van der Waals surface area contributed by atoms with E-state index in [1.807, 2.05) is 0 Å². The molecule has 0 aromatic heterocycles. The van der Waals surface area contributed by atoms with E-state index in [0.717, 1.165) is 31.4 Å². The van der Waals surface area contributed by atoms with Crippen LogP contribution in [0.5, 0.6) is 0 Å². The van der Waals surface area contributed by atoms with Gasteiger partial charge in [0, 0.05) is 0 Å². The fourth-order valence-corrected chi connectivity index (χ4v) is 3.38. The van der Waals surface area contributed by atoms with Crippen LogP contribution in [0.4, 0.5) is 18.0 Å². The van der Waals surface area contributed by atoms with Gasteiger partial charge in [0.15, 0.2) is 6.61 Å². The van der Waals surface area contributed by atoms with Gasteiger partial charge in [-0.3, -0.25) is 15.0 Å². The zero-order valence-electron chi connectivity index (χ0n) is 15.2. The molecule has 4 amide bonds. The van der Waals surface area contributed by atoms with Crippen molar-refractivity contribution in [2.24, 2.45) is 0 Å². The van der Waals surface area contributed by atoms with Gasteiger partial charge in [-0.1, -0.05) is 19.3 Å². The van der Waals surface area contributed by atoms with Crippen molar-refractivity contribution in [3.63, 3.8) is 0 Å². The van der Waals surface area contributed by atoms with Crippen molar-refractivity contribution in [3.05, 3.63) is 35.4 Å². The van der Waals surface area contributed by atoms with E-state index in [0.29, 0.717) is 30.0 Å². The number of benzene rings is 1. The number of carbonyl (C=O) groups is 4. The van der Waals surface area contributed by atoms with Gasteiger partial charge in [-0.2, -0.15) is 18.2 Å². The lowest BCUT2D eigenvalue weighted by molar-refractivity contribution is -0.140. The van der Waals surface area contributed by atoms with Crippen molar-refractivity contribution in [3.8, 4) is 0 Å². The van der Waals surface area contributed by atoms with Crippen LogP contribution in [0.2, 0.25) is 0 Å². The van der Waals surface area contributed by atoms with Crippen molar-refractivity contribution in [2.75, 3.05) is 6.61 Å². The summed E-state index contributed by atoms with van der Waals surface area (Å²) in [6.07, 6.45) is -1.07. The lowest BCUT2D eigenvalue weighted by Crippen LogP contribution is -2.51. The quantitative estimate of drug-likeness (QED) is 0.581. The third kappa shape index (κ3) is 4.33. The monoisotopic (exact) mass is 413 g/mol. The highest BCUT2D eigenvalue weighted by Gasteiger charge is 2.52. The molecule has 29 heavy (non-hydrogen) atoms. The van der Waals surface area contributed by atoms with Gasteiger partial charge in [0.05, 0.1) is 11.1 Å². The lowest BCUT2D eigenvalue weighted by Gasteiger charge is -2.30. The second-order valence-corrected chi connectivity index (χ2v) is 6.90. The summed E-state index contributed by atoms with van der Waals surface area (Å²) in [7, 11) is 0. The van der Waals surface area contributed by atoms with Crippen LogP contribution >= 0.6 is 0 Å². The Balaban J connectivity index is 1.54. The third-order valence-corrected chi connectivity index (χ3v) is 4.89. The van der Waals surface area contributed by atoms with Crippen LogP contribution in [0.3, 0.4) is 0 Å². The van der Waals surface area contributed by atoms with E-state index in [1.165, 1.54) is 0 Å². The summed E-state index contributed by atoms with van der Waals surface area (Å²) in [5.74, 6) is -2.51. The number of esters is 1. The van der Waals surface area contributed by atoms with Gasteiger partial charge in [0.2, 0.25) is 0 Å². The zero-order valence-corrected chi connectivity index (χ0v) is 15.2. The number of imide groups is 1. The van der Waals surface area contributed by atoms with Crippen LogP contribution in [0.25, 0.3) is 0 Å². The van der Waals surface area contributed by atoms with Gasteiger partial charge in [-0.15, -0.1) is 0 Å². The molecule has 0 bridgehead atoms. The predicted molar refractivity (Wildman–Crippen MR) is 91.1 cm³/mol. The molecule has 11 heteroatoms. The number of hydrogen-bond acceptors (Lipinski definition) is 5. The van der Waals surface area contributed by atoms with Gasteiger partial charge in [0.25, 0.3) is 11.8 Å². The molecule has 3 rings (SSSR count). The molecule has 1 aromatic carbocycles. The number of rotatable bonds is 4. The third-order valence-electron chi connectivity index (χ3n) is 4.89. The Morgan fingerprint density at radius 1 is 1.10 bits per heavy atom. The molecule has 1 spiro atoms. The summed E-state index contributed by atoms with van der Waals surface area (Å²) < 4.78 is 42.3. The molecular weight excluding hydrogens is 395 g/mol. The van der Waals surface area contributed by atoms with Gasteiger partial charge >= 0.3 is 18.2 Å². The SMILES string of the molecule is O=C(COC(=O)c1ccc(C(F)(F)F)cc1)NN1C(=O)NC2(CCCCC2)C1=O. The molecule has 156 valence electrons. The molecule has 1 aliphatic carbocycles. The van der Waals surface area contributed by atoms with E-state index < -0.39 is 47.7 Å². The zero-order chi connectivity index (χ0) is 21.2. The molecule has 1 aliphatic heterocycles. The van der Waals surface area contributed by atoms with E-state index in [2.05, 4.69) is 10.7 Å². The van der Waals surface area contributed by atoms with Crippen molar-refractivity contribution in [1.82, 2.24) is 15.8 Å². The Morgan fingerprint density at radius 2 is 1.72 bits per heavy atom. The summed E-state index contributed by atoms with van der Waals surface area (Å²) in [6, 6.07) is 2.51. The Labute approximate surface area is 163 Å². The van der Waals surface area contributed by atoms with Crippen molar-refractivity contribution < 1.29 is 37.1 Å². The molecule has 0 atom stereocenters. The van der Waals surface area contributed by atoms with Gasteiger partial charge in [-0.25, -0.2) is 9.59 Å². The number of ether oxygens (including phenoxy) is 1. The molecule has 1 saturated heterocycles. The number of hydrazine groups is 1. The first kappa shape index (κ1) is 20.6. The minimum Gasteiger partial charge on any atom is -0.452 e. The van der Waals surface area contributed by atoms with Crippen LogP contribution in [0.1, 0.15) is 48.0 Å².